The molecule has 0 spiro atoms. The Labute approximate surface area is 166 Å². The molecule has 5 nitrogen and oxygen atoms in total. The van der Waals surface area contributed by atoms with Gasteiger partial charge in [0.15, 0.2) is 0 Å². The summed E-state index contributed by atoms with van der Waals surface area (Å²) in [6.07, 6.45) is 1.38. The fourth-order valence-electron chi connectivity index (χ4n) is 2.57. The van der Waals surface area contributed by atoms with Gasteiger partial charge in [0.05, 0.1) is 10.0 Å². The number of rotatable bonds is 4. The van der Waals surface area contributed by atoms with Crippen LogP contribution in [0.4, 0.5) is 0 Å². The summed E-state index contributed by atoms with van der Waals surface area (Å²) in [5, 5.41) is 10.2. The molecule has 3 aromatic rings. The summed E-state index contributed by atoms with van der Waals surface area (Å²) < 4.78 is 7.33. The summed E-state index contributed by atoms with van der Waals surface area (Å²) in [4.78, 5) is 12.4. The van der Waals surface area contributed by atoms with Crippen molar-refractivity contribution in [1.29, 1.82) is 5.26 Å². The van der Waals surface area contributed by atoms with Gasteiger partial charge in [0.25, 0.3) is 5.91 Å². The van der Waals surface area contributed by atoms with E-state index in [2.05, 4.69) is 5.43 Å². The quantitative estimate of drug-likeness (QED) is 0.474. The van der Waals surface area contributed by atoms with E-state index >= 15 is 0 Å². The highest BCUT2D eigenvalue weighted by Crippen LogP contribution is 2.34. The summed E-state index contributed by atoms with van der Waals surface area (Å²) >= 11 is 12.2. The van der Waals surface area contributed by atoms with E-state index in [0.717, 1.165) is 11.4 Å². The predicted molar refractivity (Wildman–Crippen MR) is 106 cm³/mol. The number of nitriles is 1. The van der Waals surface area contributed by atoms with Crippen LogP contribution in [-0.4, -0.2) is 10.6 Å². The number of amides is 1. The number of carbonyl (C=O) groups excluding carboxylic acids is 1. The molecule has 0 aliphatic carbocycles. The van der Waals surface area contributed by atoms with Crippen LogP contribution in [0.15, 0.2) is 52.5 Å². The Morgan fingerprint density at radius 3 is 2.52 bits per heavy atom. The van der Waals surface area contributed by atoms with Gasteiger partial charge in [-0.2, -0.15) is 5.26 Å². The smallest absolute Gasteiger partial charge is 0.280 e. The number of aromatic nitrogens is 1. The van der Waals surface area contributed by atoms with Crippen molar-refractivity contribution in [2.24, 2.45) is 0 Å². The second-order valence-electron chi connectivity index (χ2n) is 5.87. The van der Waals surface area contributed by atoms with Crippen LogP contribution in [0.2, 0.25) is 10.0 Å². The van der Waals surface area contributed by atoms with Gasteiger partial charge < -0.3 is 4.42 Å². The molecule has 0 saturated heterocycles. The minimum Gasteiger partial charge on any atom is -0.457 e. The number of hydrogen-bond acceptors (Lipinski definition) is 3. The zero-order chi connectivity index (χ0) is 19.6. The molecule has 0 saturated carbocycles. The lowest BCUT2D eigenvalue weighted by Crippen LogP contribution is -2.25. The average molecular weight is 400 g/mol. The Balaban J connectivity index is 1.87. The first-order chi connectivity index (χ1) is 12.9. The molecule has 27 heavy (non-hydrogen) atoms. The molecule has 0 fully saturated rings. The van der Waals surface area contributed by atoms with E-state index in [4.69, 9.17) is 27.6 Å². The van der Waals surface area contributed by atoms with E-state index in [1.807, 2.05) is 32.0 Å². The SMILES string of the molecule is Cc1ccc(C)n1NC(=O)/C(C#N)=C\c1ccc(-c2cccc(Cl)c2Cl)o1. The van der Waals surface area contributed by atoms with Crippen LogP contribution in [0.3, 0.4) is 0 Å². The molecule has 1 amide bonds. The first-order valence-corrected chi connectivity index (χ1v) is 8.78. The van der Waals surface area contributed by atoms with Crippen molar-refractivity contribution in [1.82, 2.24) is 4.68 Å². The van der Waals surface area contributed by atoms with Gasteiger partial charge in [-0.1, -0.05) is 29.3 Å². The van der Waals surface area contributed by atoms with Crippen LogP contribution in [0.5, 0.6) is 0 Å². The predicted octanol–water partition coefficient (Wildman–Crippen LogP) is 5.35. The fourth-order valence-corrected chi connectivity index (χ4v) is 2.96. The lowest BCUT2D eigenvalue weighted by molar-refractivity contribution is -0.113. The van der Waals surface area contributed by atoms with E-state index in [1.165, 1.54) is 6.08 Å². The molecule has 0 radical (unpaired) electrons. The van der Waals surface area contributed by atoms with Crippen molar-refractivity contribution in [2.45, 2.75) is 13.8 Å². The Kier molecular flexibility index (Phi) is 5.41. The summed E-state index contributed by atoms with van der Waals surface area (Å²) in [6, 6.07) is 14.2. The molecule has 0 bridgehead atoms. The molecule has 2 aromatic heterocycles. The second-order valence-corrected chi connectivity index (χ2v) is 6.65. The molecule has 3 rings (SSSR count). The van der Waals surface area contributed by atoms with Gasteiger partial charge in [-0.25, -0.2) is 0 Å². The summed E-state index contributed by atoms with van der Waals surface area (Å²) in [6.45, 7) is 3.72. The highest BCUT2D eigenvalue weighted by Gasteiger charge is 2.14. The Bertz CT molecular complexity index is 1070. The Hall–Kier alpha value is -2.94. The number of nitrogens with zero attached hydrogens (tertiary/aromatic N) is 2. The number of furan rings is 1. The van der Waals surface area contributed by atoms with E-state index in [1.54, 1.807) is 35.0 Å². The maximum Gasteiger partial charge on any atom is 0.280 e. The topological polar surface area (TPSA) is 71.0 Å². The molecule has 1 aromatic carbocycles. The standard InChI is InChI=1S/C20H15Cl2N3O2/c1-12-6-7-13(2)25(12)24-20(26)14(11-23)10-15-8-9-18(27-15)16-4-3-5-17(21)19(16)22/h3-10H,1-2H3,(H,24,26)/b14-10-. The van der Waals surface area contributed by atoms with Crippen LogP contribution in [-0.2, 0) is 4.79 Å². The van der Waals surface area contributed by atoms with Crippen LogP contribution in [0.25, 0.3) is 17.4 Å². The summed E-state index contributed by atoms with van der Waals surface area (Å²) in [5.74, 6) is 0.316. The van der Waals surface area contributed by atoms with Crippen molar-refractivity contribution >= 4 is 35.2 Å². The summed E-state index contributed by atoms with van der Waals surface area (Å²) in [7, 11) is 0. The maximum absolute atomic E-state index is 12.4. The molecule has 7 heteroatoms. The van der Waals surface area contributed by atoms with E-state index in [9.17, 15) is 10.1 Å². The number of carbonyl (C=O) groups is 1. The maximum atomic E-state index is 12.4. The zero-order valence-electron chi connectivity index (χ0n) is 14.6. The minimum absolute atomic E-state index is 0.0828. The molecule has 0 aliphatic heterocycles. The average Bonchev–Trinajstić information content (AvgIpc) is 3.23. The number of hydrogen-bond donors (Lipinski definition) is 1. The highest BCUT2D eigenvalue weighted by molar-refractivity contribution is 6.43. The van der Waals surface area contributed by atoms with Gasteiger partial charge in [0, 0.05) is 23.0 Å². The first kappa shape index (κ1) is 18.8. The molecule has 0 unspecified atom stereocenters. The van der Waals surface area contributed by atoms with Gasteiger partial charge in [0.2, 0.25) is 0 Å². The van der Waals surface area contributed by atoms with Crippen molar-refractivity contribution in [3.8, 4) is 17.4 Å². The van der Waals surface area contributed by atoms with Gasteiger partial charge in [-0.15, -0.1) is 0 Å². The van der Waals surface area contributed by atoms with Crippen LogP contribution in [0, 0.1) is 25.2 Å². The Morgan fingerprint density at radius 2 is 1.85 bits per heavy atom. The van der Waals surface area contributed by atoms with Gasteiger partial charge >= 0.3 is 0 Å². The number of nitrogens with one attached hydrogen (secondary N) is 1. The third-order valence-electron chi connectivity index (χ3n) is 3.98. The molecule has 0 atom stereocenters. The molecule has 136 valence electrons. The largest absolute Gasteiger partial charge is 0.457 e. The normalized spacial score (nSPS) is 11.3. The van der Waals surface area contributed by atoms with Crippen molar-refractivity contribution < 1.29 is 9.21 Å². The lowest BCUT2D eigenvalue weighted by atomic mass is 10.2. The minimum atomic E-state index is -0.529. The monoisotopic (exact) mass is 399 g/mol. The zero-order valence-corrected chi connectivity index (χ0v) is 16.1. The van der Waals surface area contributed by atoms with Gasteiger partial charge in [-0.05, 0) is 50.2 Å². The van der Waals surface area contributed by atoms with Gasteiger partial charge in [0.1, 0.15) is 23.2 Å². The third-order valence-corrected chi connectivity index (χ3v) is 4.80. The van der Waals surface area contributed by atoms with Crippen LogP contribution in [0.1, 0.15) is 17.1 Å². The molecule has 2 heterocycles. The number of halogens is 2. The van der Waals surface area contributed by atoms with Crippen molar-refractivity contribution in [2.75, 3.05) is 5.43 Å². The van der Waals surface area contributed by atoms with Crippen molar-refractivity contribution in [3.05, 3.63) is 75.2 Å². The van der Waals surface area contributed by atoms with Crippen molar-refractivity contribution in [3.63, 3.8) is 0 Å². The second kappa shape index (κ2) is 7.75. The summed E-state index contributed by atoms with van der Waals surface area (Å²) in [5.41, 5.74) is 4.95. The molecular weight excluding hydrogens is 385 g/mol. The van der Waals surface area contributed by atoms with E-state index < -0.39 is 5.91 Å². The molecular formula is C20H15Cl2N3O2. The Morgan fingerprint density at radius 1 is 1.15 bits per heavy atom. The highest BCUT2D eigenvalue weighted by atomic mass is 35.5. The van der Waals surface area contributed by atoms with E-state index in [0.29, 0.717) is 27.1 Å². The number of benzene rings is 1. The number of aryl methyl sites for hydroxylation is 2. The third kappa shape index (κ3) is 3.92. The lowest BCUT2D eigenvalue weighted by Gasteiger charge is -2.10. The fraction of sp³-hybridized carbons (Fsp3) is 0.100. The van der Waals surface area contributed by atoms with Crippen LogP contribution < -0.4 is 5.43 Å². The van der Waals surface area contributed by atoms with Gasteiger partial charge in [-0.3, -0.25) is 14.9 Å². The molecule has 1 N–H and O–H groups in total. The molecule has 0 aliphatic rings. The first-order valence-electron chi connectivity index (χ1n) is 8.03. The van der Waals surface area contributed by atoms with Crippen LogP contribution >= 0.6 is 23.2 Å². The van der Waals surface area contributed by atoms with E-state index in [-0.39, 0.29) is 5.57 Å².